The average Bonchev–Trinajstić information content (AvgIpc) is 2.58. The minimum Gasteiger partial charge on any atom is -0.395 e. The Labute approximate surface area is 153 Å². The highest BCUT2D eigenvalue weighted by Gasteiger charge is 2.69. The molecule has 1 heterocycles. The maximum absolute atomic E-state index is 11.3. The molecule has 5 aliphatic carbocycles. The van der Waals surface area contributed by atoms with Gasteiger partial charge in [0.05, 0.1) is 12.7 Å². The Morgan fingerprint density at radius 2 is 1.80 bits per heavy atom. The normalized spacial score (nSPS) is 57.8. The van der Waals surface area contributed by atoms with Gasteiger partial charge in [0, 0.05) is 25.0 Å². The number of hydrogen-bond donors (Lipinski definition) is 2. The van der Waals surface area contributed by atoms with E-state index in [1.807, 2.05) is 0 Å². The second kappa shape index (κ2) is 5.45. The molecule has 5 saturated carbocycles. The maximum atomic E-state index is 11.3. The van der Waals surface area contributed by atoms with Crippen LogP contribution in [0.5, 0.6) is 0 Å². The number of β-amino-alcohol motifs (C(OH)–C–C–N with tert-alkyl or cyclic N) is 1. The third kappa shape index (κ3) is 2.04. The third-order valence-corrected chi connectivity index (χ3v) is 10.1. The second-order valence-corrected chi connectivity index (χ2v) is 10.9. The van der Waals surface area contributed by atoms with E-state index in [-0.39, 0.29) is 18.1 Å². The fourth-order valence-electron chi connectivity index (χ4n) is 9.25. The standard InChI is InChI=1S/C22H37NO2/c1-15-16-4-8-21(19(15)25)9-5-17-20(2)6-3-7-22(17,18(21)12-16)14-23(13-20)10-11-24/h15-19,24-25H,3-14H2,1-2H3/t15-,16-,17-,18-,19-,20-,21-,22-/m1/s1. The van der Waals surface area contributed by atoms with Crippen LogP contribution in [0.4, 0.5) is 0 Å². The van der Waals surface area contributed by atoms with Crippen LogP contribution in [0.1, 0.15) is 65.2 Å². The summed E-state index contributed by atoms with van der Waals surface area (Å²) in [6.45, 7) is 8.37. The number of piperidine rings is 1. The van der Waals surface area contributed by atoms with Crippen molar-refractivity contribution in [3.63, 3.8) is 0 Å². The number of nitrogens with zero attached hydrogens (tertiary/aromatic N) is 1. The number of aliphatic hydroxyl groups is 2. The Morgan fingerprint density at radius 3 is 2.60 bits per heavy atom. The number of hydrogen-bond acceptors (Lipinski definition) is 3. The predicted molar refractivity (Wildman–Crippen MR) is 99.1 cm³/mol. The van der Waals surface area contributed by atoms with Gasteiger partial charge in [-0.2, -0.15) is 0 Å². The molecule has 1 aliphatic heterocycles. The van der Waals surface area contributed by atoms with Crippen molar-refractivity contribution < 1.29 is 10.2 Å². The predicted octanol–water partition coefficient (Wildman–Crippen LogP) is 3.29. The van der Waals surface area contributed by atoms with Crippen LogP contribution in [0.25, 0.3) is 0 Å². The smallest absolute Gasteiger partial charge is 0.0627 e. The Balaban J connectivity index is 1.58. The van der Waals surface area contributed by atoms with E-state index >= 15 is 0 Å². The van der Waals surface area contributed by atoms with Crippen LogP contribution in [0.15, 0.2) is 0 Å². The molecule has 0 unspecified atom stereocenters. The van der Waals surface area contributed by atoms with Gasteiger partial charge in [0.2, 0.25) is 0 Å². The topological polar surface area (TPSA) is 43.7 Å². The molecule has 1 saturated heterocycles. The molecule has 0 radical (unpaired) electrons. The molecule has 25 heavy (non-hydrogen) atoms. The summed E-state index contributed by atoms with van der Waals surface area (Å²) in [5, 5.41) is 20.9. The van der Waals surface area contributed by atoms with E-state index in [1.54, 1.807) is 0 Å². The first-order valence-corrected chi connectivity index (χ1v) is 11.0. The van der Waals surface area contributed by atoms with Gasteiger partial charge in [-0.1, -0.05) is 20.3 Å². The van der Waals surface area contributed by atoms with Gasteiger partial charge in [-0.3, -0.25) is 4.90 Å². The first kappa shape index (κ1) is 17.0. The second-order valence-electron chi connectivity index (χ2n) is 10.9. The van der Waals surface area contributed by atoms with E-state index in [0.29, 0.717) is 16.7 Å². The highest BCUT2D eigenvalue weighted by atomic mass is 16.3. The average molecular weight is 348 g/mol. The molecule has 0 amide bonds. The molecule has 0 aromatic carbocycles. The summed E-state index contributed by atoms with van der Waals surface area (Å²) in [5.74, 6) is 2.83. The Morgan fingerprint density at radius 1 is 1.00 bits per heavy atom. The van der Waals surface area contributed by atoms with Crippen molar-refractivity contribution in [1.29, 1.82) is 0 Å². The summed E-state index contributed by atoms with van der Waals surface area (Å²) >= 11 is 0. The fourth-order valence-corrected chi connectivity index (χ4v) is 9.25. The molecular weight excluding hydrogens is 310 g/mol. The lowest BCUT2D eigenvalue weighted by Crippen LogP contribution is -2.71. The van der Waals surface area contributed by atoms with Crippen molar-refractivity contribution in [2.45, 2.75) is 71.3 Å². The zero-order chi connectivity index (χ0) is 17.4. The number of rotatable bonds is 2. The van der Waals surface area contributed by atoms with Crippen molar-refractivity contribution in [2.24, 2.45) is 39.9 Å². The molecule has 0 aromatic rings. The highest BCUT2D eigenvalue weighted by Crippen LogP contribution is 2.73. The van der Waals surface area contributed by atoms with Gasteiger partial charge in [0.15, 0.2) is 0 Å². The molecule has 0 aromatic heterocycles. The Kier molecular flexibility index (Phi) is 3.71. The van der Waals surface area contributed by atoms with Gasteiger partial charge >= 0.3 is 0 Å². The fraction of sp³-hybridized carbons (Fsp3) is 1.00. The van der Waals surface area contributed by atoms with Crippen LogP contribution in [-0.2, 0) is 0 Å². The van der Waals surface area contributed by atoms with Crippen LogP contribution in [0, 0.1) is 39.9 Å². The van der Waals surface area contributed by atoms with E-state index in [1.165, 1.54) is 64.5 Å². The van der Waals surface area contributed by atoms with Crippen LogP contribution in [-0.4, -0.2) is 47.5 Å². The third-order valence-electron chi connectivity index (χ3n) is 10.1. The highest BCUT2D eigenvalue weighted by molar-refractivity contribution is 5.19. The quantitative estimate of drug-likeness (QED) is 0.805. The minimum absolute atomic E-state index is 0.0678. The van der Waals surface area contributed by atoms with Crippen LogP contribution < -0.4 is 0 Å². The van der Waals surface area contributed by atoms with Gasteiger partial charge in [0.25, 0.3) is 0 Å². The van der Waals surface area contributed by atoms with E-state index in [0.717, 1.165) is 24.3 Å². The first-order chi connectivity index (χ1) is 12.0. The van der Waals surface area contributed by atoms with Crippen molar-refractivity contribution in [3.8, 4) is 0 Å². The summed E-state index contributed by atoms with van der Waals surface area (Å²) in [6.07, 6.45) is 10.7. The molecule has 6 rings (SSSR count). The summed E-state index contributed by atoms with van der Waals surface area (Å²) in [7, 11) is 0. The van der Waals surface area contributed by atoms with Crippen LogP contribution in [0.2, 0.25) is 0 Å². The van der Waals surface area contributed by atoms with Gasteiger partial charge in [-0.05, 0) is 79.4 Å². The molecule has 6 fully saturated rings. The number of aliphatic hydroxyl groups excluding tert-OH is 2. The van der Waals surface area contributed by atoms with Gasteiger partial charge in [0.1, 0.15) is 0 Å². The number of likely N-dealkylation sites (tertiary alicyclic amines) is 1. The van der Waals surface area contributed by atoms with Crippen molar-refractivity contribution in [3.05, 3.63) is 0 Å². The minimum atomic E-state index is -0.0678. The van der Waals surface area contributed by atoms with E-state index in [4.69, 9.17) is 0 Å². The number of fused-ring (bicyclic) bond motifs is 2. The summed E-state index contributed by atoms with van der Waals surface area (Å²) < 4.78 is 0. The monoisotopic (exact) mass is 347 g/mol. The van der Waals surface area contributed by atoms with Crippen molar-refractivity contribution >= 4 is 0 Å². The first-order valence-electron chi connectivity index (χ1n) is 11.0. The zero-order valence-corrected chi connectivity index (χ0v) is 16.2. The molecule has 4 bridgehead atoms. The van der Waals surface area contributed by atoms with Gasteiger partial charge in [-0.15, -0.1) is 0 Å². The van der Waals surface area contributed by atoms with Crippen molar-refractivity contribution in [1.82, 2.24) is 4.90 Å². The molecular formula is C22H37NO2. The van der Waals surface area contributed by atoms with Gasteiger partial charge < -0.3 is 10.2 Å². The zero-order valence-electron chi connectivity index (χ0n) is 16.2. The summed E-state index contributed by atoms with van der Waals surface area (Å²) in [5.41, 5.74) is 1.06. The van der Waals surface area contributed by atoms with Gasteiger partial charge in [-0.25, -0.2) is 0 Å². The molecule has 3 nitrogen and oxygen atoms in total. The molecule has 2 N–H and O–H groups in total. The Hall–Kier alpha value is -0.120. The van der Waals surface area contributed by atoms with E-state index in [2.05, 4.69) is 18.7 Å². The van der Waals surface area contributed by atoms with Crippen molar-refractivity contribution in [2.75, 3.05) is 26.2 Å². The lowest BCUT2D eigenvalue weighted by atomic mass is 9.34. The molecule has 8 atom stereocenters. The summed E-state index contributed by atoms with van der Waals surface area (Å²) in [6, 6.07) is 0. The lowest BCUT2D eigenvalue weighted by Gasteiger charge is -2.73. The molecule has 6 aliphatic rings. The van der Waals surface area contributed by atoms with Crippen LogP contribution >= 0.6 is 0 Å². The van der Waals surface area contributed by atoms with E-state index in [9.17, 15) is 10.2 Å². The Bertz CT molecular complexity index is 552. The SMILES string of the molecule is C[C@@H]1[C@@H]2CC[C@]3(CC[C@@H]4[C@]5(C)CCC[C@]4(CN(CCO)C5)[C@@H]3C2)[C@@H]1O. The summed E-state index contributed by atoms with van der Waals surface area (Å²) in [4.78, 5) is 2.59. The largest absolute Gasteiger partial charge is 0.395 e. The maximum Gasteiger partial charge on any atom is 0.0627 e. The lowest BCUT2D eigenvalue weighted by molar-refractivity contribution is -0.266. The molecule has 1 spiro atoms. The molecule has 3 heteroatoms. The molecule has 142 valence electrons. The van der Waals surface area contributed by atoms with Crippen LogP contribution in [0.3, 0.4) is 0 Å². The van der Waals surface area contributed by atoms with E-state index < -0.39 is 0 Å².